The van der Waals surface area contributed by atoms with Crippen LogP contribution in [0.25, 0.3) is 11.1 Å². The predicted molar refractivity (Wildman–Crippen MR) is 95.1 cm³/mol. The van der Waals surface area contributed by atoms with Gasteiger partial charge < -0.3 is 16.0 Å². The van der Waals surface area contributed by atoms with E-state index in [1.807, 2.05) is 59.6 Å². The fourth-order valence-corrected chi connectivity index (χ4v) is 2.44. The lowest BCUT2D eigenvalue weighted by molar-refractivity contribution is 0.0946. The van der Waals surface area contributed by atoms with Gasteiger partial charge in [0.1, 0.15) is 11.4 Å². The number of aromatic nitrogens is 2. The normalized spacial score (nSPS) is 10.4. The standard InChI is InChI=1S/C18H16N4O3/c19-14-15(21-18(25)22-16(14)23)17(24)20-10-11-5-4-8-13(9-11)12-6-2-1-3-7-12/h1-9H,10,19H2,(H,20,24)(H2,21,22,23,25). The Morgan fingerprint density at radius 1 is 0.960 bits per heavy atom. The van der Waals surface area contributed by atoms with Crippen LogP contribution in [0.3, 0.4) is 0 Å². The number of hydrogen-bond acceptors (Lipinski definition) is 4. The summed E-state index contributed by atoms with van der Waals surface area (Å²) in [6.07, 6.45) is 0. The summed E-state index contributed by atoms with van der Waals surface area (Å²) in [5.74, 6) is -0.620. The van der Waals surface area contributed by atoms with Crippen molar-refractivity contribution < 1.29 is 4.79 Å². The molecule has 126 valence electrons. The SMILES string of the molecule is Nc1c(C(=O)NCc2cccc(-c3ccccc3)c2)[nH]c(=O)[nH]c1=O. The number of nitrogens with two attached hydrogens (primary N) is 1. The summed E-state index contributed by atoms with van der Waals surface area (Å²) in [5, 5.41) is 2.65. The maximum Gasteiger partial charge on any atom is 0.326 e. The van der Waals surface area contributed by atoms with E-state index in [0.29, 0.717) is 0 Å². The first-order valence-corrected chi connectivity index (χ1v) is 7.59. The summed E-state index contributed by atoms with van der Waals surface area (Å²) in [6.45, 7) is 0.230. The Morgan fingerprint density at radius 3 is 2.44 bits per heavy atom. The second-order valence-corrected chi connectivity index (χ2v) is 5.45. The monoisotopic (exact) mass is 336 g/mol. The fraction of sp³-hybridized carbons (Fsp3) is 0.0556. The molecule has 0 aliphatic carbocycles. The first kappa shape index (κ1) is 16.3. The summed E-state index contributed by atoms with van der Waals surface area (Å²) < 4.78 is 0. The minimum Gasteiger partial charge on any atom is -0.392 e. The van der Waals surface area contributed by atoms with E-state index in [0.717, 1.165) is 16.7 Å². The smallest absolute Gasteiger partial charge is 0.326 e. The van der Waals surface area contributed by atoms with Gasteiger partial charge in [0, 0.05) is 6.54 Å². The summed E-state index contributed by atoms with van der Waals surface area (Å²) in [5.41, 5.74) is 6.37. The van der Waals surface area contributed by atoms with Crippen molar-refractivity contribution in [2.45, 2.75) is 6.54 Å². The Kier molecular flexibility index (Phi) is 4.47. The van der Waals surface area contributed by atoms with Gasteiger partial charge in [-0.1, -0.05) is 48.5 Å². The molecule has 3 aromatic rings. The van der Waals surface area contributed by atoms with Gasteiger partial charge in [0.25, 0.3) is 11.5 Å². The van der Waals surface area contributed by atoms with Crippen LogP contribution in [0, 0.1) is 0 Å². The third-order valence-electron chi connectivity index (χ3n) is 3.69. The van der Waals surface area contributed by atoms with Gasteiger partial charge in [0.15, 0.2) is 0 Å². The first-order valence-electron chi connectivity index (χ1n) is 7.59. The highest BCUT2D eigenvalue weighted by Gasteiger charge is 2.13. The lowest BCUT2D eigenvalue weighted by Gasteiger charge is -2.08. The van der Waals surface area contributed by atoms with Gasteiger partial charge in [0.2, 0.25) is 0 Å². The lowest BCUT2D eigenvalue weighted by atomic mass is 10.0. The van der Waals surface area contributed by atoms with Gasteiger partial charge in [-0.15, -0.1) is 0 Å². The zero-order chi connectivity index (χ0) is 17.8. The fourth-order valence-electron chi connectivity index (χ4n) is 2.44. The minimum atomic E-state index is -0.792. The summed E-state index contributed by atoms with van der Waals surface area (Å²) in [4.78, 5) is 39.1. The van der Waals surface area contributed by atoms with Crippen molar-refractivity contribution in [1.82, 2.24) is 15.3 Å². The molecule has 0 aliphatic rings. The van der Waals surface area contributed by atoms with Crippen molar-refractivity contribution in [3.8, 4) is 11.1 Å². The van der Waals surface area contributed by atoms with Crippen LogP contribution in [0.15, 0.2) is 64.2 Å². The molecule has 0 aliphatic heterocycles. The number of aromatic amines is 2. The molecule has 0 fully saturated rings. The van der Waals surface area contributed by atoms with Crippen molar-refractivity contribution in [3.63, 3.8) is 0 Å². The van der Waals surface area contributed by atoms with Gasteiger partial charge in [-0.2, -0.15) is 0 Å². The van der Waals surface area contributed by atoms with Crippen LogP contribution in [0.5, 0.6) is 0 Å². The average Bonchev–Trinajstić information content (AvgIpc) is 2.63. The highest BCUT2D eigenvalue weighted by molar-refractivity contribution is 5.96. The molecule has 0 atom stereocenters. The number of rotatable bonds is 4. The minimum absolute atomic E-state index is 0.230. The number of amides is 1. The van der Waals surface area contributed by atoms with Gasteiger partial charge in [-0.25, -0.2) is 4.79 Å². The third kappa shape index (κ3) is 3.66. The van der Waals surface area contributed by atoms with E-state index in [2.05, 4.69) is 10.3 Å². The van der Waals surface area contributed by atoms with Gasteiger partial charge in [-0.3, -0.25) is 14.6 Å². The number of benzene rings is 2. The molecular weight excluding hydrogens is 320 g/mol. The number of nitrogen functional groups attached to an aromatic ring is 1. The summed E-state index contributed by atoms with van der Waals surface area (Å²) in [6, 6.07) is 17.6. The van der Waals surface area contributed by atoms with Gasteiger partial charge in [-0.05, 0) is 22.8 Å². The van der Waals surface area contributed by atoms with Crippen LogP contribution in [0.4, 0.5) is 5.69 Å². The molecule has 1 aromatic heterocycles. The highest BCUT2D eigenvalue weighted by atomic mass is 16.2. The van der Waals surface area contributed by atoms with E-state index in [4.69, 9.17) is 5.73 Å². The lowest BCUT2D eigenvalue weighted by Crippen LogP contribution is -2.33. The van der Waals surface area contributed by atoms with Crippen molar-refractivity contribution in [1.29, 1.82) is 0 Å². The Hall–Kier alpha value is -3.61. The maximum atomic E-state index is 12.2. The number of H-pyrrole nitrogens is 2. The molecule has 1 amide bonds. The Balaban J connectivity index is 1.77. The van der Waals surface area contributed by atoms with Crippen molar-refractivity contribution in [3.05, 3.63) is 86.7 Å². The number of carbonyl (C=O) groups is 1. The van der Waals surface area contributed by atoms with Crippen molar-refractivity contribution >= 4 is 11.6 Å². The third-order valence-corrected chi connectivity index (χ3v) is 3.69. The predicted octanol–water partition coefficient (Wildman–Crippen LogP) is 1.24. The zero-order valence-corrected chi connectivity index (χ0v) is 13.2. The van der Waals surface area contributed by atoms with Crippen LogP contribution < -0.4 is 22.3 Å². The molecule has 0 radical (unpaired) electrons. The maximum absolute atomic E-state index is 12.2. The van der Waals surface area contributed by atoms with E-state index in [1.165, 1.54) is 0 Å². The molecule has 1 heterocycles. The van der Waals surface area contributed by atoms with Crippen molar-refractivity contribution in [2.24, 2.45) is 0 Å². The number of nitrogens with one attached hydrogen (secondary N) is 3. The van der Waals surface area contributed by atoms with Crippen LogP contribution >= 0.6 is 0 Å². The average molecular weight is 336 g/mol. The topological polar surface area (TPSA) is 121 Å². The molecule has 7 heteroatoms. The van der Waals surface area contributed by atoms with Crippen LogP contribution in [0.1, 0.15) is 16.1 Å². The van der Waals surface area contributed by atoms with E-state index >= 15 is 0 Å². The molecule has 0 spiro atoms. The van der Waals surface area contributed by atoms with Crippen LogP contribution in [0.2, 0.25) is 0 Å². The largest absolute Gasteiger partial charge is 0.392 e. The molecule has 0 unspecified atom stereocenters. The van der Waals surface area contributed by atoms with E-state index in [1.54, 1.807) is 0 Å². The second kappa shape index (κ2) is 6.88. The molecule has 7 nitrogen and oxygen atoms in total. The Bertz CT molecular complexity index is 1020. The summed E-state index contributed by atoms with van der Waals surface area (Å²) >= 11 is 0. The number of carbonyl (C=O) groups excluding carboxylic acids is 1. The molecule has 0 bridgehead atoms. The van der Waals surface area contributed by atoms with Crippen LogP contribution in [-0.2, 0) is 6.54 Å². The molecule has 5 N–H and O–H groups in total. The molecular formula is C18H16N4O3. The Labute approximate surface area is 142 Å². The van der Waals surface area contributed by atoms with Gasteiger partial charge >= 0.3 is 5.69 Å². The molecule has 0 saturated carbocycles. The number of hydrogen-bond donors (Lipinski definition) is 4. The zero-order valence-electron chi connectivity index (χ0n) is 13.2. The summed E-state index contributed by atoms with van der Waals surface area (Å²) in [7, 11) is 0. The number of anilines is 1. The van der Waals surface area contributed by atoms with E-state index in [-0.39, 0.29) is 17.9 Å². The van der Waals surface area contributed by atoms with E-state index < -0.39 is 17.2 Å². The van der Waals surface area contributed by atoms with Gasteiger partial charge in [0.05, 0.1) is 0 Å². The first-order chi connectivity index (χ1) is 12.0. The second-order valence-electron chi connectivity index (χ2n) is 5.45. The quantitative estimate of drug-likeness (QED) is 0.573. The molecule has 3 rings (SSSR count). The molecule has 0 saturated heterocycles. The molecule has 25 heavy (non-hydrogen) atoms. The van der Waals surface area contributed by atoms with Crippen LogP contribution in [-0.4, -0.2) is 15.9 Å². The Morgan fingerprint density at radius 2 is 1.68 bits per heavy atom. The molecule has 2 aromatic carbocycles. The van der Waals surface area contributed by atoms with E-state index in [9.17, 15) is 14.4 Å². The highest BCUT2D eigenvalue weighted by Crippen LogP contribution is 2.19. The van der Waals surface area contributed by atoms with Crippen molar-refractivity contribution in [2.75, 3.05) is 5.73 Å².